The molecule has 1 saturated carbocycles. The summed E-state index contributed by atoms with van der Waals surface area (Å²) in [4.78, 5) is 4.47. The van der Waals surface area contributed by atoms with Gasteiger partial charge in [-0.15, -0.1) is 0 Å². The van der Waals surface area contributed by atoms with E-state index in [0.29, 0.717) is 11.5 Å². The van der Waals surface area contributed by atoms with Gasteiger partial charge in [0.15, 0.2) is 0 Å². The summed E-state index contributed by atoms with van der Waals surface area (Å²) < 4.78 is 0. The lowest BCUT2D eigenvalue weighted by molar-refractivity contribution is 0.146. The first-order valence-electron chi connectivity index (χ1n) is 7.31. The van der Waals surface area contributed by atoms with Crippen molar-refractivity contribution in [3.8, 4) is 0 Å². The highest BCUT2D eigenvalue weighted by molar-refractivity contribution is 5.20. The maximum atomic E-state index is 4.47. The van der Waals surface area contributed by atoms with E-state index in [2.05, 4.69) is 42.5 Å². The van der Waals surface area contributed by atoms with Gasteiger partial charge in [0.25, 0.3) is 0 Å². The minimum atomic E-state index is 0.394. The average molecular weight is 246 g/mol. The minimum Gasteiger partial charge on any atom is -0.310 e. The zero-order valence-electron chi connectivity index (χ0n) is 12.0. The average Bonchev–Trinajstić information content (AvgIpc) is 2.38. The van der Waals surface area contributed by atoms with E-state index < -0.39 is 0 Å². The molecule has 1 atom stereocenters. The Bertz CT molecular complexity index is 363. The molecule has 2 rings (SSSR count). The quantitative estimate of drug-likeness (QED) is 0.868. The molecule has 1 heterocycles. The van der Waals surface area contributed by atoms with Crippen molar-refractivity contribution in [2.45, 2.75) is 58.9 Å². The molecule has 1 aromatic heterocycles. The Labute approximate surface area is 111 Å². The third kappa shape index (κ3) is 2.92. The number of pyridine rings is 1. The SMILES string of the molecule is CCNC(c1ccc(C)nc1)C1(C)CCCCC1. The third-order valence-electron chi connectivity index (χ3n) is 4.37. The van der Waals surface area contributed by atoms with Crippen LogP contribution in [-0.4, -0.2) is 11.5 Å². The normalized spacial score (nSPS) is 20.6. The van der Waals surface area contributed by atoms with Crippen LogP contribution in [0.5, 0.6) is 0 Å². The molecule has 0 radical (unpaired) electrons. The fraction of sp³-hybridized carbons (Fsp3) is 0.688. The van der Waals surface area contributed by atoms with Crippen molar-refractivity contribution in [2.75, 3.05) is 6.54 Å². The van der Waals surface area contributed by atoms with E-state index in [-0.39, 0.29) is 0 Å². The third-order valence-corrected chi connectivity index (χ3v) is 4.37. The van der Waals surface area contributed by atoms with Crippen LogP contribution in [0.1, 0.15) is 63.3 Å². The Morgan fingerprint density at radius 3 is 2.56 bits per heavy atom. The molecule has 1 aliphatic rings. The number of nitrogens with zero attached hydrogens (tertiary/aromatic N) is 1. The Morgan fingerprint density at radius 1 is 1.28 bits per heavy atom. The van der Waals surface area contributed by atoms with Gasteiger partial charge in [-0.3, -0.25) is 4.98 Å². The molecule has 1 N–H and O–H groups in total. The molecule has 0 spiro atoms. The summed E-state index contributed by atoms with van der Waals surface area (Å²) in [7, 11) is 0. The number of aromatic nitrogens is 1. The number of aryl methyl sites for hydroxylation is 1. The van der Waals surface area contributed by atoms with Crippen LogP contribution in [0.3, 0.4) is 0 Å². The van der Waals surface area contributed by atoms with Gasteiger partial charge in [0.1, 0.15) is 0 Å². The summed E-state index contributed by atoms with van der Waals surface area (Å²) in [6.07, 6.45) is 8.87. The first kappa shape index (κ1) is 13.5. The standard InChI is InChI=1S/C16H26N2/c1-4-17-15(14-9-8-13(2)18-12-14)16(3)10-6-5-7-11-16/h8-9,12,15,17H,4-7,10-11H2,1-3H3. The lowest BCUT2D eigenvalue weighted by atomic mass is 9.69. The zero-order valence-corrected chi connectivity index (χ0v) is 12.0. The van der Waals surface area contributed by atoms with Crippen molar-refractivity contribution in [2.24, 2.45) is 5.41 Å². The van der Waals surface area contributed by atoms with E-state index >= 15 is 0 Å². The maximum Gasteiger partial charge on any atom is 0.0389 e. The molecule has 0 bridgehead atoms. The minimum absolute atomic E-state index is 0.394. The van der Waals surface area contributed by atoms with Gasteiger partial charge in [0.2, 0.25) is 0 Å². The lowest BCUT2D eigenvalue weighted by Gasteiger charge is -2.41. The number of hydrogen-bond donors (Lipinski definition) is 1. The van der Waals surface area contributed by atoms with Crippen LogP contribution in [0.15, 0.2) is 18.3 Å². The monoisotopic (exact) mass is 246 g/mol. The van der Waals surface area contributed by atoms with Crippen molar-refractivity contribution in [1.29, 1.82) is 0 Å². The van der Waals surface area contributed by atoms with Crippen molar-refractivity contribution < 1.29 is 0 Å². The molecule has 0 amide bonds. The fourth-order valence-corrected chi connectivity index (χ4v) is 3.27. The second-order valence-corrected chi connectivity index (χ2v) is 5.94. The summed E-state index contributed by atoms with van der Waals surface area (Å²) >= 11 is 0. The van der Waals surface area contributed by atoms with E-state index in [1.165, 1.54) is 37.7 Å². The van der Waals surface area contributed by atoms with E-state index in [1.807, 2.05) is 6.92 Å². The van der Waals surface area contributed by atoms with E-state index in [1.54, 1.807) is 0 Å². The number of hydrogen-bond acceptors (Lipinski definition) is 2. The van der Waals surface area contributed by atoms with Crippen molar-refractivity contribution >= 4 is 0 Å². The molecule has 2 nitrogen and oxygen atoms in total. The van der Waals surface area contributed by atoms with Crippen LogP contribution < -0.4 is 5.32 Å². The first-order chi connectivity index (χ1) is 8.65. The molecule has 18 heavy (non-hydrogen) atoms. The van der Waals surface area contributed by atoms with Crippen LogP contribution in [0, 0.1) is 12.3 Å². The Morgan fingerprint density at radius 2 is 2.00 bits per heavy atom. The molecule has 0 aromatic carbocycles. The molecular formula is C16H26N2. The van der Waals surface area contributed by atoms with E-state index in [9.17, 15) is 0 Å². The molecule has 1 aromatic rings. The molecule has 1 fully saturated rings. The van der Waals surface area contributed by atoms with Gasteiger partial charge in [-0.1, -0.05) is 39.2 Å². The highest BCUT2D eigenvalue weighted by atomic mass is 14.9. The Kier molecular flexibility index (Phi) is 4.39. The van der Waals surface area contributed by atoms with Gasteiger partial charge in [0, 0.05) is 17.9 Å². The summed E-state index contributed by atoms with van der Waals surface area (Å²) in [5.41, 5.74) is 2.85. The highest BCUT2D eigenvalue weighted by Gasteiger charge is 2.35. The van der Waals surface area contributed by atoms with Crippen LogP contribution in [0.25, 0.3) is 0 Å². The van der Waals surface area contributed by atoms with Gasteiger partial charge in [-0.25, -0.2) is 0 Å². The molecular weight excluding hydrogens is 220 g/mol. The predicted molar refractivity (Wildman–Crippen MR) is 76.6 cm³/mol. The Hall–Kier alpha value is -0.890. The van der Waals surface area contributed by atoms with Crippen LogP contribution in [-0.2, 0) is 0 Å². The lowest BCUT2D eigenvalue weighted by Crippen LogP contribution is -2.37. The van der Waals surface area contributed by atoms with Gasteiger partial charge in [0.05, 0.1) is 0 Å². The van der Waals surface area contributed by atoms with E-state index in [4.69, 9.17) is 0 Å². The topological polar surface area (TPSA) is 24.9 Å². The smallest absolute Gasteiger partial charge is 0.0389 e. The van der Waals surface area contributed by atoms with Crippen LogP contribution in [0.2, 0.25) is 0 Å². The summed E-state index contributed by atoms with van der Waals surface area (Å²) in [6, 6.07) is 4.83. The van der Waals surface area contributed by atoms with Crippen molar-refractivity contribution in [3.05, 3.63) is 29.6 Å². The first-order valence-corrected chi connectivity index (χ1v) is 7.31. The fourth-order valence-electron chi connectivity index (χ4n) is 3.27. The Balaban J connectivity index is 2.23. The van der Waals surface area contributed by atoms with Crippen molar-refractivity contribution in [1.82, 2.24) is 10.3 Å². The van der Waals surface area contributed by atoms with E-state index in [0.717, 1.165) is 12.2 Å². The number of nitrogens with one attached hydrogen (secondary N) is 1. The zero-order chi connectivity index (χ0) is 13.0. The highest BCUT2D eigenvalue weighted by Crippen LogP contribution is 2.45. The van der Waals surface area contributed by atoms with Crippen LogP contribution >= 0.6 is 0 Å². The second-order valence-electron chi connectivity index (χ2n) is 5.94. The summed E-state index contributed by atoms with van der Waals surface area (Å²) in [5, 5.41) is 3.69. The maximum absolute atomic E-state index is 4.47. The molecule has 0 aliphatic heterocycles. The summed E-state index contributed by atoms with van der Waals surface area (Å²) in [6.45, 7) is 7.71. The molecule has 100 valence electrons. The molecule has 0 saturated heterocycles. The molecule has 1 unspecified atom stereocenters. The van der Waals surface area contributed by atoms with Gasteiger partial charge < -0.3 is 5.32 Å². The number of rotatable bonds is 4. The second kappa shape index (κ2) is 5.83. The van der Waals surface area contributed by atoms with Gasteiger partial charge in [-0.05, 0) is 43.4 Å². The molecule has 1 aliphatic carbocycles. The largest absolute Gasteiger partial charge is 0.310 e. The van der Waals surface area contributed by atoms with Crippen LogP contribution in [0.4, 0.5) is 0 Å². The molecule has 2 heteroatoms. The van der Waals surface area contributed by atoms with Gasteiger partial charge >= 0.3 is 0 Å². The summed E-state index contributed by atoms with van der Waals surface area (Å²) in [5.74, 6) is 0. The predicted octanol–water partition coefficient (Wildman–Crippen LogP) is 4.01. The van der Waals surface area contributed by atoms with Gasteiger partial charge in [-0.2, -0.15) is 0 Å². The van der Waals surface area contributed by atoms with Crippen molar-refractivity contribution in [3.63, 3.8) is 0 Å².